The van der Waals surface area contributed by atoms with E-state index >= 15 is 0 Å². The summed E-state index contributed by atoms with van der Waals surface area (Å²) in [6.07, 6.45) is -0.780. The fraction of sp³-hybridized carbons (Fsp3) is 0.857. The lowest BCUT2D eigenvalue weighted by Gasteiger charge is -2.30. The Morgan fingerprint density at radius 3 is 2.83 bits per heavy atom. The molecule has 0 radical (unpaired) electrons. The van der Waals surface area contributed by atoms with E-state index in [9.17, 15) is 9.90 Å². The largest absolute Gasteiger partial charge is 0.481 e. The van der Waals surface area contributed by atoms with Gasteiger partial charge in [-0.25, -0.2) is 0 Å². The highest BCUT2D eigenvalue weighted by molar-refractivity contribution is 5.67. The number of carboxylic acid groups (broad SMARTS) is 1. The minimum Gasteiger partial charge on any atom is -0.481 e. The molecule has 0 aliphatic carbocycles. The molecule has 1 aliphatic rings. The van der Waals surface area contributed by atoms with Crippen molar-refractivity contribution in [2.75, 3.05) is 6.61 Å². The number of aliphatic carboxylic acids is 1. The number of aliphatic hydroxyl groups is 1. The minimum absolute atomic E-state index is 0.0657. The van der Waals surface area contributed by atoms with Gasteiger partial charge in [0.05, 0.1) is 31.3 Å². The number of carboxylic acids is 1. The second-order valence-electron chi connectivity index (χ2n) is 3.02. The first-order valence-electron chi connectivity index (χ1n) is 3.86. The molecule has 0 bridgehead atoms. The van der Waals surface area contributed by atoms with E-state index in [1.807, 2.05) is 0 Å². The van der Waals surface area contributed by atoms with E-state index in [2.05, 4.69) is 0 Å². The zero-order valence-electron chi connectivity index (χ0n) is 6.64. The lowest BCUT2D eigenvalue weighted by atomic mass is 10.0. The minimum atomic E-state index is -0.914. The molecule has 0 spiro atoms. The average Bonchev–Trinajstić information content (AvgIpc) is 1.96. The van der Waals surface area contributed by atoms with Crippen LogP contribution < -0.4 is 5.73 Å². The molecule has 1 fully saturated rings. The summed E-state index contributed by atoms with van der Waals surface area (Å²) >= 11 is 0. The number of rotatable bonds is 2. The highest BCUT2D eigenvalue weighted by Crippen LogP contribution is 2.15. The molecule has 70 valence electrons. The van der Waals surface area contributed by atoms with Crippen molar-refractivity contribution in [1.29, 1.82) is 0 Å². The lowest BCUT2D eigenvalue weighted by molar-refractivity contribution is -0.143. The maximum absolute atomic E-state index is 10.3. The maximum atomic E-state index is 10.3. The van der Waals surface area contributed by atoms with E-state index in [0.717, 1.165) is 0 Å². The van der Waals surface area contributed by atoms with Crippen LogP contribution in [-0.2, 0) is 9.53 Å². The molecular weight excluding hydrogens is 162 g/mol. The van der Waals surface area contributed by atoms with E-state index in [0.29, 0.717) is 6.42 Å². The van der Waals surface area contributed by atoms with Gasteiger partial charge in [-0.2, -0.15) is 0 Å². The Hall–Kier alpha value is -0.650. The number of ether oxygens (including phenoxy) is 1. The first kappa shape index (κ1) is 9.44. The van der Waals surface area contributed by atoms with Crippen LogP contribution in [0.3, 0.4) is 0 Å². The van der Waals surface area contributed by atoms with E-state index in [1.54, 1.807) is 0 Å². The van der Waals surface area contributed by atoms with Crippen LogP contribution >= 0.6 is 0 Å². The molecule has 0 unspecified atom stereocenters. The molecule has 0 saturated carbocycles. The van der Waals surface area contributed by atoms with Crippen LogP contribution in [-0.4, -0.2) is 41.0 Å². The monoisotopic (exact) mass is 175 g/mol. The molecule has 5 heteroatoms. The van der Waals surface area contributed by atoms with E-state index in [1.165, 1.54) is 0 Å². The molecule has 0 aromatic rings. The summed E-state index contributed by atoms with van der Waals surface area (Å²) < 4.78 is 5.11. The van der Waals surface area contributed by atoms with Gasteiger partial charge in [-0.3, -0.25) is 4.79 Å². The second-order valence-corrected chi connectivity index (χ2v) is 3.02. The van der Waals surface area contributed by atoms with Gasteiger partial charge in [0.1, 0.15) is 0 Å². The molecule has 3 atom stereocenters. The predicted octanol–water partition coefficient (Wildman–Crippen LogP) is -1.06. The van der Waals surface area contributed by atoms with Crippen molar-refractivity contribution in [2.24, 2.45) is 5.73 Å². The van der Waals surface area contributed by atoms with E-state index < -0.39 is 18.2 Å². The van der Waals surface area contributed by atoms with Crippen molar-refractivity contribution in [1.82, 2.24) is 0 Å². The molecule has 1 aliphatic heterocycles. The van der Waals surface area contributed by atoms with E-state index in [4.69, 9.17) is 15.6 Å². The van der Waals surface area contributed by atoms with Crippen LogP contribution in [0.15, 0.2) is 0 Å². The van der Waals surface area contributed by atoms with Crippen molar-refractivity contribution in [3.05, 3.63) is 0 Å². The lowest BCUT2D eigenvalue weighted by Crippen LogP contribution is -2.47. The molecule has 12 heavy (non-hydrogen) atoms. The quantitative estimate of drug-likeness (QED) is 0.497. The highest BCUT2D eigenvalue weighted by Gasteiger charge is 2.28. The molecule has 1 heterocycles. The third kappa shape index (κ3) is 2.44. The summed E-state index contributed by atoms with van der Waals surface area (Å²) in [6.45, 7) is 0.235. The number of carbonyl (C=O) groups is 1. The van der Waals surface area contributed by atoms with Crippen LogP contribution in [0.2, 0.25) is 0 Å². The molecule has 0 aromatic carbocycles. The smallest absolute Gasteiger partial charge is 0.305 e. The molecule has 1 saturated heterocycles. The maximum Gasteiger partial charge on any atom is 0.305 e. The van der Waals surface area contributed by atoms with Crippen LogP contribution in [0.4, 0.5) is 0 Å². The van der Waals surface area contributed by atoms with Crippen LogP contribution in [0.25, 0.3) is 0 Å². The molecule has 0 amide bonds. The highest BCUT2D eigenvalue weighted by atomic mass is 16.5. The summed E-state index contributed by atoms with van der Waals surface area (Å²) in [7, 11) is 0. The van der Waals surface area contributed by atoms with Gasteiger partial charge in [0.15, 0.2) is 0 Å². The molecule has 4 N–H and O–H groups in total. The van der Waals surface area contributed by atoms with Crippen molar-refractivity contribution in [2.45, 2.75) is 31.1 Å². The summed E-state index contributed by atoms with van der Waals surface area (Å²) in [5, 5.41) is 17.7. The third-order valence-electron chi connectivity index (χ3n) is 1.93. The van der Waals surface area contributed by atoms with Crippen molar-refractivity contribution < 1.29 is 19.7 Å². The fourth-order valence-electron chi connectivity index (χ4n) is 1.21. The van der Waals surface area contributed by atoms with Crippen molar-refractivity contribution >= 4 is 5.97 Å². The molecular formula is C7H13NO4. The summed E-state index contributed by atoms with van der Waals surface area (Å²) in [5.41, 5.74) is 5.45. The topological polar surface area (TPSA) is 92.8 Å². The zero-order chi connectivity index (χ0) is 9.14. The molecule has 5 nitrogen and oxygen atoms in total. The standard InChI is InChI=1S/C7H13NO4/c8-5-3-12-4(1-6(5)9)2-7(10)11/h4-6,9H,1-3,8H2,(H,10,11)/t4-,5+,6+/m1/s1. The zero-order valence-corrected chi connectivity index (χ0v) is 6.64. The van der Waals surface area contributed by atoms with Gasteiger partial charge in [0.25, 0.3) is 0 Å². The number of aliphatic hydroxyl groups excluding tert-OH is 1. The number of nitrogens with two attached hydrogens (primary N) is 1. The van der Waals surface area contributed by atoms with Gasteiger partial charge in [-0.1, -0.05) is 0 Å². The van der Waals surface area contributed by atoms with Gasteiger partial charge < -0.3 is 20.7 Å². The fourth-order valence-corrected chi connectivity index (χ4v) is 1.21. The third-order valence-corrected chi connectivity index (χ3v) is 1.93. The Bertz CT molecular complexity index is 173. The van der Waals surface area contributed by atoms with Gasteiger partial charge in [0, 0.05) is 6.42 Å². The average molecular weight is 175 g/mol. The van der Waals surface area contributed by atoms with Gasteiger partial charge >= 0.3 is 5.97 Å². The van der Waals surface area contributed by atoms with Crippen molar-refractivity contribution in [3.63, 3.8) is 0 Å². The second kappa shape index (κ2) is 3.84. The summed E-state index contributed by atoms with van der Waals surface area (Å²) in [6, 6.07) is -0.380. The van der Waals surface area contributed by atoms with Crippen LogP contribution in [0.5, 0.6) is 0 Å². The Labute approximate surface area is 70.1 Å². The van der Waals surface area contributed by atoms with Crippen LogP contribution in [0.1, 0.15) is 12.8 Å². The van der Waals surface area contributed by atoms with E-state index in [-0.39, 0.29) is 19.1 Å². The Balaban J connectivity index is 2.35. The number of hydrogen-bond donors (Lipinski definition) is 3. The summed E-state index contributed by atoms with van der Waals surface area (Å²) in [4.78, 5) is 10.3. The number of hydrogen-bond acceptors (Lipinski definition) is 4. The first-order valence-corrected chi connectivity index (χ1v) is 3.86. The Morgan fingerprint density at radius 2 is 2.33 bits per heavy atom. The molecule has 0 aromatic heterocycles. The molecule has 1 rings (SSSR count). The normalized spacial score (nSPS) is 36.3. The predicted molar refractivity (Wildman–Crippen MR) is 40.6 cm³/mol. The van der Waals surface area contributed by atoms with Crippen molar-refractivity contribution in [3.8, 4) is 0 Å². The first-order chi connectivity index (χ1) is 5.59. The van der Waals surface area contributed by atoms with Gasteiger partial charge in [-0.15, -0.1) is 0 Å². The Morgan fingerprint density at radius 1 is 1.67 bits per heavy atom. The van der Waals surface area contributed by atoms with Gasteiger partial charge in [-0.05, 0) is 0 Å². The van der Waals surface area contributed by atoms with Crippen LogP contribution in [0, 0.1) is 0 Å². The summed E-state index contributed by atoms with van der Waals surface area (Å²) in [5.74, 6) is -0.914. The van der Waals surface area contributed by atoms with Gasteiger partial charge in [0.2, 0.25) is 0 Å². The SMILES string of the molecule is N[C@H]1CO[C@@H](CC(=O)O)C[C@@H]1O. The Kier molecular flexibility index (Phi) is 3.02.